The summed E-state index contributed by atoms with van der Waals surface area (Å²) in [6.45, 7) is 3.87. The molecule has 0 aliphatic heterocycles. The summed E-state index contributed by atoms with van der Waals surface area (Å²) in [5.41, 5.74) is 5.67. The number of nitrogens with one attached hydrogen (secondary N) is 1. The predicted octanol–water partition coefficient (Wildman–Crippen LogP) is 2.54. The number of benzene rings is 1. The van der Waals surface area contributed by atoms with Crippen molar-refractivity contribution >= 4 is 5.91 Å². The molecule has 2 unspecified atom stereocenters. The Labute approximate surface area is 105 Å². The molecule has 0 aliphatic rings. The Balaban J connectivity index is 2.98. The van der Waals surface area contributed by atoms with Gasteiger partial charge in [-0.05, 0) is 25.0 Å². The van der Waals surface area contributed by atoms with Gasteiger partial charge in [-0.15, -0.1) is 0 Å². The van der Waals surface area contributed by atoms with Gasteiger partial charge in [-0.25, -0.2) is 8.78 Å². The number of amides is 1. The average molecular weight is 256 g/mol. The highest BCUT2D eigenvalue weighted by Gasteiger charge is 2.20. The van der Waals surface area contributed by atoms with Crippen LogP contribution in [0.3, 0.4) is 0 Å². The molecule has 1 aromatic carbocycles. The summed E-state index contributed by atoms with van der Waals surface area (Å²) in [5.74, 6) is -0.568. The van der Waals surface area contributed by atoms with Crippen LogP contribution in [0.4, 0.5) is 8.78 Å². The van der Waals surface area contributed by atoms with Crippen LogP contribution in [0, 0.1) is 0 Å². The Morgan fingerprint density at radius 1 is 1.39 bits per heavy atom. The van der Waals surface area contributed by atoms with Crippen molar-refractivity contribution in [3.05, 3.63) is 35.4 Å². The Kier molecular flexibility index (Phi) is 5.22. The molecule has 18 heavy (non-hydrogen) atoms. The third-order valence-corrected chi connectivity index (χ3v) is 2.84. The van der Waals surface area contributed by atoms with Gasteiger partial charge in [0.25, 0.3) is 6.43 Å². The number of carbonyl (C=O) groups is 1. The molecule has 1 rings (SSSR count). The second-order valence-corrected chi connectivity index (χ2v) is 4.28. The number of nitrogens with two attached hydrogens (primary N) is 1. The molecule has 0 saturated carbocycles. The standard InChI is InChI=1S/C13H18F2N2O/c1-3-8(2)17-11(13(16)18)9-5-4-6-10(7-9)12(14)15/h4-8,11-12,17H,3H2,1-2H3,(H2,16,18). The Hall–Kier alpha value is -1.49. The molecule has 0 aromatic heterocycles. The predicted molar refractivity (Wildman–Crippen MR) is 66.2 cm³/mol. The maximum atomic E-state index is 12.6. The van der Waals surface area contributed by atoms with Gasteiger partial charge in [0.1, 0.15) is 6.04 Å². The summed E-state index contributed by atoms with van der Waals surface area (Å²) < 4.78 is 25.2. The number of alkyl halides is 2. The van der Waals surface area contributed by atoms with Crippen LogP contribution >= 0.6 is 0 Å². The summed E-state index contributed by atoms with van der Waals surface area (Å²) in [4.78, 5) is 11.4. The molecule has 5 heteroatoms. The molecule has 0 aliphatic carbocycles. The van der Waals surface area contributed by atoms with Crippen LogP contribution in [-0.2, 0) is 4.79 Å². The summed E-state index contributed by atoms with van der Waals surface area (Å²) in [5, 5.41) is 3.03. The van der Waals surface area contributed by atoms with Crippen LogP contribution in [-0.4, -0.2) is 11.9 Å². The quantitative estimate of drug-likeness (QED) is 0.821. The van der Waals surface area contributed by atoms with Crippen molar-refractivity contribution in [2.24, 2.45) is 5.73 Å². The van der Waals surface area contributed by atoms with Gasteiger partial charge in [0, 0.05) is 11.6 Å². The minimum absolute atomic E-state index is 0.0812. The van der Waals surface area contributed by atoms with Crippen molar-refractivity contribution < 1.29 is 13.6 Å². The lowest BCUT2D eigenvalue weighted by Crippen LogP contribution is -2.38. The Morgan fingerprint density at radius 2 is 2.00 bits per heavy atom. The maximum absolute atomic E-state index is 12.6. The smallest absolute Gasteiger partial charge is 0.263 e. The number of rotatable bonds is 6. The van der Waals surface area contributed by atoms with E-state index in [4.69, 9.17) is 5.73 Å². The van der Waals surface area contributed by atoms with Crippen LogP contribution in [0.15, 0.2) is 24.3 Å². The molecule has 0 spiro atoms. The lowest BCUT2D eigenvalue weighted by atomic mass is 10.0. The fourth-order valence-corrected chi connectivity index (χ4v) is 1.62. The lowest BCUT2D eigenvalue weighted by Gasteiger charge is -2.20. The lowest BCUT2D eigenvalue weighted by molar-refractivity contribution is -0.120. The summed E-state index contributed by atoms with van der Waals surface area (Å²) in [6, 6.07) is 5.11. The average Bonchev–Trinajstić information content (AvgIpc) is 2.35. The zero-order valence-electron chi connectivity index (χ0n) is 10.5. The van der Waals surface area contributed by atoms with Gasteiger partial charge in [0.05, 0.1) is 0 Å². The second kappa shape index (κ2) is 6.44. The van der Waals surface area contributed by atoms with Crippen LogP contribution in [0.5, 0.6) is 0 Å². The summed E-state index contributed by atoms with van der Waals surface area (Å²) >= 11 is 0. The van der Waals surface area contributed by atoms with E-state index in [-0.39, 0.29) is 11.6 Å². The van der Waals surface area contributed by atoms with Gasteiger partial charge in [0.15, 0.2) is 0 Å². The number of hydrogen-bond donors (Lipinski definition) is 2. The highest BCUT2D eigenvalue weighted by atomic mass is 19.3. The maximum Gasteiger partial charge on any atom is 0.263 e. The Morgan fingerprint density at radius 3 is 2.50 bits per heavy atom. The van der Waals surface area contributed by atoms with E-state index in [9.17, 15) is 13.6 Å². The highest BCUT2D eigenvalue weighted by molar-refractivity contribution is 5.81. The van der Waals surface area contributed by atoms with Crippen LogP contribution < -0.4 is 11.1 Å². The number of carbonyl (C=O) groups excluding carboxylic acids is 1. The van der Waals surface area contributed by atoms with E-state index in [2.05, 4.69) is 5.32 Å². The first kappa shape index (κ1) is 14.6. The molecule has 2 atom stereocenters. The molecule has 0 radical (unpaired) electrons. The van der Waals surface area contributed by atoms with Gasteiger partial charge >= 0.3 is 0 Å². The van der Waals surface area contributed by atoms with Crippen molar-refractivity contribution in [2.45, 2.75) is 38.8 Å². The molecule has 0 heterocycles. The first-order valence-electron chi connectivity index (χ1n) is 5.89. The van der Waals surface area contributed by atoms with Gasteiger partial charge in [-0.1, -0.05) is 25.1 Å². The molecule has 1 amide bonds. The molecule has 3 nitrogen and oxygen atoms in total. The fourth-order valence-electron chi connectivity index (χ4n) is 1.62. The van der Waals surface area contributed by atoms with Crippen LogP contribution in [0.25, 0.3) is 0 Å². The minimum atomic E-state index is -2.55. The van der Waals surface area contributed by atoms with E-state index < -0.39 is 18.4 Å². The molecule has 100 valence electrons. The van der Waals surface area contributed by atoms with Crippen molar-refractivity contribution in [2.75, 3.05) is 0 Å². The minimum Gasteiger partial charge on any atom is -0.368 e. The highest BCUT2D eigenvalue weighted by Crippen LogP contribution is 2.23. The molecular formula is C13H18F2N2O. The third-order valence-electron chi connectivity index (χ3n) is 2.84. The zero-order valence-corrected chi connectivity index (χ0v) is 10.5. The van der Waals surface area contributed by atoms with Crippen molar-refractivity contribution in [3.8, 4) is 0 Å². The third kappa shape index (κ3) is 3.77. The van der Waals surface area contributed by atoms with E-state index in [1.165, 1.54) is 18.2 Å². The van der Waals surface area contributed by atoms with E-state index in [1.807, 2.05) is 13.8 Å². The molecule has 0 fully saturated rings. The van der Waals surface area contributed by atoms with Crippen molar-refractivity contribution in [1.29, 1.82) is 0 Å². The van der Waals surface area contributed by atoms with Crippen molar-refractivity contribution in [3.63, 3.8) is 0 Å². The normalized spacial score (nSPS) is 14.5. The first-order chi connectivity index (χ1) is 8.45. The molecule has 3 N–H and O–H groups in total. The van der Waals surface area contributed by atoms with E-state index in [1.54, 1.807) is 6.07 Å². The molecule has 0 bridgehead atoms. The van der Waals surface area contributed by atoms with Crippen molar-refractivity contribution in [1.82, 2.24) is 5.32 Å². The molecule has 1 aromatic rings. The SMILES string of the molecule is CCC(C)NC(C(N)=O)c1cccc(C(F)F)c1. The van der Waals surface area contributed by atoms with Gasteiger partial charge in [0.2, 0.25) is 5.91 Å². The number of hydrogen-bond acceptors (Lipinski definition) is 2. The largest absolute Gasteiger partial charge is 0.368 e. The number of halogens is 2. The van der Waals surface area contributed by atoms with E-state index in [0.29, 0.717) is 5.56 Å². The van der Waals surface area contributed by atoms with Gasteiger partial charge in [-0.3, -0.25) is 10.1 Å². The van der Waals surface area contributed by atoms with Gasteiger partial charge in [-0.2, -0.15) is 0 Å². The molecule has 0 saturated heterocycles. The van der Waals surface area contributed by atoms with Crippen LogP contribution in [0.1, 0.15) is 43.9 Å². The van der Waals surface area contributed by atoms with E-state index in [0.717, 1.165) is 6.42 Å². The van der Waals surface area contributed by atoms with Crippen LogP contribution in [0.2, 0.25) is 0 Å². The Bertz CT molecular complexity index is 410. The molecular weight excluding hydrogens is 238 g/mol. The van der Waals surface area contributed by atoms with Gasteiger partial charge < -0.3 is 5.73 Å². The van der Waals surface area contributed by atoms with E-state index >= 15 is 0 Å². The monoisotopic (exact) mass is 256 g/mol. The summed E-state index contributed by atoms with van der Waals surface area (Å²) in [7, 11) is 0. The summed E-state index contributed by atoms with van der Waals surface area (Å²) in [6.07, 6.45) is -1.74. The fraction of sp³-hybridized carbons (Fsp3) is 0.462. The zero-order chi connectivity index (χ0) is 13.7. The topological polar surface area (TPSA) is 55.1 Å². The number of primary amides is 1. The first-order valence-corrected chi connectivity index (χ1v) is 5.89. The second-order valence-electron chi connectivity index (χ2n) is 4.28.